The van der Waals surface area contributed by atoms with Gasteiger partial charge in [-0.15, -0.1) is 24.0 Å². The highest BCUT2D eigenvalue weighted by molar-refractivity contribution is 14.0. The molecule has 1 heterocycles. The van der Waals surface area contributed by atoms with Crippen molar-refractivity contribution in [1.82, 2.24) is 15.5 Å². The summed E-state index contributed by atoms with van der Waals surface area (Å²) in [6, 6.07) is 8.54. The summed E-state index contributed by atoms with van der Waals surface area (Å²) in [6.07, 6.45) is 2.36. The van der Waals surface area contributed by atoms with Crippen molar-refractivity contribution in [3.8, 4) is 0 Å². The zero-order valence-corrected chi connectivity index (χ0v) is 22.1. The summed E-state index contributed by atoms with van der Waals surface area (Å²) in [6.45, 7) is 8.60. The van der Waals surface area contributed by atoms with Crippen molar-refractivity contribution in [2.75, 3.05) is 39.5 Å². The van der Waals surface area contributed by atoms with Gasteiger partial charge in [-0.1, -0.05) is 23.7 Å². The van der Waals surface area contributed by atoms with Crippen LogP contribution in [0.1, 0.15) is 45.2 Å². The molecule has 0 saturated carbocycles. The average Bonchev–Trinajstić information content (AvgIpc) is 2.63. The van der Waals surface area contributed by atoms with Gasteiger partial charge in [-0.05, 0) is 70.8 Å². The van der Waals surface area contributed by atoms with E-state index < -0.39 is 10.8 Å². The van der Waals surface area contributed by atoms with Crippen LogP contribution in [0.5, 0.6) is 0 Å². The summed E-state index contributed by atoms with van der Waals surface area (Å²) in [4.78, 5) is 6.74. The molecule has 0 aromatic heterocycles. The summed E-state index contributed by atoms with van der Waals surface area (Å²) in [5.74, 6) is 1.85. The fourth-order valence-electron chi connectivity index (χ4n) is 3.71. The molecule has 2 rings (SSSR count). The maximum atomic E-state index is 12.2. The summed E-state index contributed by atoms with van der Waals surface area (Å²) in [7, 11) is 3.10. The molecule has 5 nitrogen and oxygen atoms in total. The van der Waals surface area contributed by atoms with E-state index in [1.54, 1.807) is 7.05 Å². The molecule has 2 N–H and O–H groups in total. The van der Waals surface area contributed by atoms with Crippen molar-refractivity contribution in [3.63, 3.8) is 0 Å². The predicted molar refractivity (Wildman–Crippen MR) is 137 cm³/mol. The van der Waals surface area contributed by atoms with Crippen LogP contribution < -0.4 is 10.6 Å². The monoisotopic (exact) mass is 554 g/mol. The molecule has 0 amide bonds. The van der Waals surface area contributed by atoms with Crippen LogP contribution >= 0.6 is 35.6 Å². The number of hydrogen-bond acceptors (Lipinski definition) is 3. The number of guanidine groups is 1. The van der Waals surface area contributed by atoms with E-state index in [-0.39, 0.29) is 28.7 Å². The van der Waals surface area contributed by atoms with E-state index in [4.69, 9.17) is 11.6 Å². The molecule has 1 fully saturated rings. The molecule has 29 heavy (non-hydrogen) atoms. The molecule has 0 bridgehead atoms. The molecule has 0 aliphatic carbocycles. The van der Waals surface area contributed by atoms with Crippen LogP contribution in [0, 0.1) is 5.92 Å². The number of nitrogens with zero attached hydrogens (tertiary/aromatic N) is 2. The second-order valence-electron chi connectivity index (χ2n) is 8.42. The Labute approximate surface area is 200 Å². The normalized spacial score (nSPS) is 21.9. The summed E-state index contributed by atoms with van der Waals surface area (Å²) >= 11 is 6.24. The molecule has 1 aliphatic rings. The highest BCUT2D eigenvalue weighted by Crippen LogP contribution is 2.35. The van der Waals surface area contributed by atoms with Gasteiger partial charge >= 0.3 is 0 Å². The van der Waals surface area contributed by atoms with Crippen LogP contribution in [0.2, 0.25) is 5.02 Å². The minimum atomic E-state index is -0.866. The lowest BCUT2D eigenvalue weighted by Gasteiger charge is -2.40. The molecule has 166 valence electrons. The minimum absolute atomic E-state index is 0. The van der Waals surface area contributed by atoms with Gasteiger partial charge in [0.2, 0.25) is 0 Å². The number of nitrogens with one attached hydrogen (secondary N) is 2. The lowest BCUT2D eigenvalue weighted by atomic mass is 9.85. The van der Waals surface area contributed by atoms with Crippen molar-refractivity contribution >= 4 is 52.3 Å². The zero-order chi connectivity index (χ0) is 20.7. The Morgan fingerprint density at radius 3 is 2.69 bits per heavy atom. The number of likely N-dealkylation sites (tertiary alicyclic amines) is 1. The van der Waals surface area contributed by atoms with Crippen LogP contribution in [0.3, 0.4) is 0 Å². The Morgan fingerprint density at radius 2 is 2.07 bits per heavy atom. The van der Waals surface area contributed by atoms with Crippen LogP contribution in [-0.2, 0) is 10.8 Å². The molecule has 3 atom stereocenters. The third kappa shape index (κ3) is 8.34. The molecule has 3 unspecified atom stereocenters. The molecule has 1 aliphatic heterocycles. The summed E-state index contributed by atoms with van der Waals surface area (Å²) in [5.41, 5.74) is 1.27. The van der Waals surface area contributed by atoms with Gasteiger partial charge < -0.3 is 10.6 Å². The lowest BCUT2D eigenvalue weighted by Crippen LogP contribution is -2.46. The minimum Gasteiger partial charge on any atom is -0.356 e. The van der Waals surface area contributed by atoms with Gasteiger partial charge in [-0.25, -0.2) is 0 Å². The van der Waals surface area contributed by atoms with E-state index in [0.717, 1.165) is 24.1 Å². The van der Waals surface area contributed by atoms with Gasteiger partial charge in [0.1, 0.15) is 0 Å². The maximum absolute atomic E-state index is 12.2. The van der Waals surface area contributed by atoms with Gasteiger partial charge in [0, 0.05) is 52.5 Å². The van der Waals surface area contributed by atoms with Crippen LogP contribution in [-0.4, -0.2) is 59.3 Å². The zero-order valence-electron chi connectivity index (χ0n) is 18.2. The van der Waals surface area contributed by atoms with Gasteiger partial charge in [-0.2, -0.15) is 0 Å². The molecular formula is C21H36ClIN4OS. The van der Waals surface area contributed by atoms with Crippen molar-refractivity contribution in [1.29, 1.82) is 0 Å². The molecular weight excluding hydrogens is 519 g/mol. The maximum Gasteiger partial charge on any atom is 0.191 e. The number of benzene rings is 1. The highest BCUT2D eigenvalue weighted by Gasteiger charge is 2.30. The number of rotatable bonds is 6. The molecule has 1 saturated heterocycles. The first kappa shape index (κ1) is 26.7. The number of hydrogen-bond donors (Lipinski definition) is 2. The van der Waals surface area contributed by atoms with Gasteiger partial charge in [0.25, 0.3) is 0 Å². The average molecular weight is 555 g/mol. The fourth-order valence-corrected chi connectivity index (χ4v) is 4.81. The van der Waals surface area contributed by atoms with E-state index in [9.17, 15) is 4.21 Å². The first-order valence-corrected chi connectivity index (χ1v) is 11.7. The standard InChI is InChI=1S/C21H35ClN4OS.HI/c1-21(2,3)28(27)13-11-24-20(23-4)25-15-17-9-7-12-26(5)19(17)16-8-6-10-18(22)14-16;/h6,8,10,14,17,19H,7,9,11-13,15H2,1-5H3,(H2,23,24,25);1H. The lowest BCUT2D eigenvalue weighted by molar-refractivity contribution is 0.122. The summed E-state index contributed by atoms with van der Waals surface area (Å²) < 4.78 is 12.0. The molecule has 0 radical (unpaired) electrons. The van der Waals surface area contributed by atoms with Crippen LogP contribution in [0.25, 0.3) is 0 Å². The molecule has 1 aromatic rings. The van der Waals surface area contributed by atoms with E-state index in [1.165, 1.54) is 18.4 Å². The number of piperidine rings is 1. The Bertz CT molecular complexity index is 696. The fraction of sp³-hybridized carbons (Fsp3) is 0.667. The SMILES string of the molecule is CN=C(NCCS(=O)C(C)(C)C)NCC1CCCN(C)C1c1cccc(Cl)c1.I. The van der Waals surface area contributed by atoms with Crippen molar-refractivity contribution in [2.24, 2.45) is 10.9 Å². The molecule has 1 aromatic carbocycles. The Kier molecular flexibility index (Phi) is 11.5. The Balaban J connectivity index is 0.00000420. The van der Waals surface area contributed by atoms with Gasteiger partial charge in [-0.3, -0.25) is 14.1 Å². The van der Waals surface area contributed by atoms with Crippen LogP contribution in [0.15, 0.2) is 29.3 Å². The predicted octanol–water partition coefficient (Wildman–Crippen LogP) is 4.05. The van der Waals surface area contributed by atoms with E-state index in [1.807, 2.05) is 32.9 Å². The van der Waals surface area contributed by atoms with Crippen LogP contribution in [0.4, 0.5) is 0 Å². The van der Waals surface area contributed by atoms with Crippen molar-refractivity contribution in [3.05, 3.63) is 34.9 Å². The largest absolute Gasteiger partial charge is 0.356 e. The highest BCUT2D eigenvalue weighted by atomic mass is 127. The molecule has 8 heteroatoms. The third-order valence-electron chi connectivity index (χ3n) is 5.22. The van der Waals surface area contributed by atoms with Gasteiger partial charge in [0.15, 0.2) is 5.96 Å². The third-order valence-corrected chi connectivity index (χ3v) is 7.39. The molecule has 0 spiro atoms. The topological polar surface area (TPSA) is 56.7 Å². The second-order valence-corrected chi connectivity index (χ2v) is 11.2. The van der Waals surface area contributed by atoms with E-state index in [2.05, 4.69) is 39.7 Å². The quantitative estimate of drug-likeness (QED) is 0.316. The Hall–Kier alpha value is -0.380. The smallest absolute Gasteiger partial charge is 0.191 e. The first-order chi connectivity index (χ1) is 13.2. The number of halogens is 2. The Morgan fingerprint density at radius 1 is 1.34 bits per heavy atom. The van der Waals surface area contributed by atoms with E-state index >= 15 is 0 Å². The summed E-state index contributed by atoms with van der Waals surface area (Å²) in [5, 5.41) is 7.55. The van der Waals surface area contributed by atoms with E-state index in [0.29, 0.717) is 24.3 Å². The van der Waals surface area contributed by atoms with Crippen molar-refractivity contribution in [2.45, 2.75) is 44.4 Å². The van der Waals surface area contributed by atoms with Gasteiger partial charge in [0.05, 0.1) is 0 Å². The first-order valence-electron chi connectivity index (χ1n) is 10.0. The number of aliphatic imine (C=N–C) groups is 1. The second kappa shape index (κ2) is 12.5. The van der Waals surface area contributed by atoms with Crippen molar-refractivity contribution < 1.29 is 4.21 Å².